The number of nitrogens with zero attached hydrogens (tertiary/aromatic N) is 1. The molecule has 1 atom stereocenters. The molecule has 0 saturated carbocycles. The molecule has 1 unspecified atom stereocenters. The Kier molecular flexibility index (Phi) is 7.12. The summed E-state index contributed by atoms with van der Waals surface area (Å²) in [6.45, 7) is 7.21. The van der Waals surface area contributed by atoms with Gasteiger partial charge in [0, 0.05) is 19.1 Å². The van der Waals surface area contributed by atoms with E-state index in [-0.39, 0.29) is 17.7 Å². The standard InChI is InChI=1S/C19H28N2O5/c1-13(2)12-25-19(24)20-15-8-10-21(11-9-15)18(23)14(3)26-17-6-4-16(22)5-7-17/h4-7,13-15,22H,8-12H2,1-3H3,(H,20,24). The Morgan fingerprint density at radius 2 is 1.81 bits per heavy atom. The van der Waals surface area contributed by atoms with Crippen molar-refractivity contribution in [1.82, 2.24) is 10.2 Å². The number of likely N-dealkylation sites (tertiary alicyclic amines) is 1. The maximum Gasteiger partial charge on any atom is 0.407 e. The van der Waals surface area contributed by atoms with Crippen LogP contribution in [0.4, 0.5) is 4.79 Å². The largest absolute Gasteiger partial charge is 0.508 e. The van der Waals surface area contributed by atoms with E-state index in [9.17, 15) is 14.7 Å². The molecule has 1 fully saturated rings. The first-order chi connectivity index (χ1) is 12.3. The van der Waals surface area contributed by atoms with E-state index in [1.54, 1.807) is 24.0 Å². The van der Waals surface area contributed by atoms with E-state index < -0.39 is 12.2 Å². The van der Waals surface area contributed by atoms with Crippen molar-refractivity contribution in [2.75, 3.05) is 19.7 Å². The van der Waals surface area contributed by atoms with Crippen molar-refractivity contribution < 1.29 is 24.2 Å². The number of benzene rings is 1. The van der Waals surface area contributed by atoms with Crippen LogP contribution in [0.3, 0.4) is 0 Å². The Morgan fingerprint density at radius 3 is 2.38 bits per heavy atom. The average Bonchev–Trinajstić information content (AvgIpc) is 2.62. The van der Waals surface area contributed by atoms with Crippen LogP contribution in [0.25, 0.3) is 0 Å². The first kappa shape index (κ1) is 19.9. The number of amides is 2. The van der Waals surface area contributed by atoms with Crippen LogP contribution in [0.15, 0.2) is 24.3 Å². The van der Waals surface area contributed by atoms with Crippen LogP contribution in [0, 0.1) is 5.92 Å². The molecule has 0 spiro atoms. The Bertz CT molecular complexity index is 594. The molecule has 0 radical (unpaired) electrons. The number of rotatable bonds is 6. The van der Waals surface area contributed by atoms with Crippen molar-refractivity contribution in [2.24, 2.45) is 5.92 Å². The first-order valence-corrected chi connectivity index (χ1v) is 9.03. The summed E-state index contributed by atoms with van der Waals surface area (Å²) in [5.41, 5.74) is 0. The molecule has 0 aliphatic carbocycles. The molecule has 7 nitrogen and oxygen atoms in total. The maximum atomic E-state index is 12.5. The highest BCUT2D eigenvalue weighted by atomic mass is 16.5. The quantitative estimate of drug-likeness (QED) is 0.810. The van der Waals surface area contributed by atoms with Gasteiger partial charge in [-0.3, -0.25) is 4.79 Å². The zero-order chi connectivity index (χ0) is 19.1. The minimum Gasteiger partial charge on any atom is -0.508 e. The second-order valence-electron chi connectivity index (χ2n) is 6.99. The molecule has 1 aromatic rings. The van der Waals surface area contributed by atoms with Gasteiger partial charge in [-0.25, -0.2) is 4.79 Å². The smallest absolute Gasteiger partial charge is 0.407 e. The molecular weight excluding hydrogens is 336 g/mol. The average molecular weight is 364 g/mol. The number of aromatic hydroxyl groups is 1. The van der Waals surface area contributed by atoms with Crippen molar-refractivity contribution in [2.45, 2.75) is 45.8 Å². The SMILES string of the molecule is CC(C)COC(=O)NC1CCN(C(=O)C(C)Oc2ccc(O)cc2)CC1. The van der Waals surface area contributed by atoms with E-state index in [1.165, 1.54) is 12.1 Å². The van der Waals surface area contributed by atoms with Crippen LogP contribution >= 0.6 is 0 Å². The van der Waals surface area contributed by atoms with Gasteiger partial charge in [0.1, 0.15) is 11.5 Å². The fourth-order valence-corrected chi connectivity index (χ4v) is 2.73. The summed E-state index contributed by atoms with van der Waals surface area (Å²) in [7, 11) is 0. The normalized spacial score (nSPS) is 16.2. The van der Waals surface area contributed by atoms with E-state index in [0.29, 0.717) is 44.2 Å². The van der Waals surface area contributed by atoms with Gasteiger partial charge in [0.05, 0.1) is 6.61 Å². The Balaban J connectivity index is 1.75. The molecule has 1 aliphatic heterocycles. The maximum absolute atomic E-state index is 12.5. The predicted molar refractivity (Wildman–Crippen MR) is 97.1 cm³/mol. The lowest BCUT2D eigenvalue weighted by atomic mass is 10.0. The number of ether oxygens (including phenoxy) is 2. The van der Waals surface area contributed by atoms with Crippen molar-refractivity contribution in [3.05, 3.63) is 24.3 Å². The van der Waals surface area contributed by atoms with E-state index in [0.717, 1.165) is 0 Å². The molecule has 1 aromatic carbocycles. The van der Waals surface area contributed by atoms with E-state index in [4.69, 9.17) is 9.47 Å². The van der Waals surface area contributed by atoms with Gasteiger partial charge in [0.2, 0.25) is 0 Å². The molecule has 2 N–H and O–H groups in total. The van der Waals surface area contributed by atoms with Gasteiger partial charge < -0.3 is 24.8 Å². The minimum atomic E-state index is -0.611. The van der Waals surface area contributed by atoms with E-state index >= 15 is 0 Å². The monoisotopic (exact) mass is 364 g/mol. The van der Waals surface area contributed by atoms with Gasteiger partial charge >= 0.3 is 6.09 Å². The highest BCUT2D eigenvalue weighted by Gasteiger charge is 2.28. The van der Waals surface area contributed by atoms with Gasteiger partial charge in [0.15, 0.2) is 6.10 Å². The van der Waals surface area contributed by atoms with Crippen LogP contribution in [-0.4, -0.2) is 53.8 Å². The summed E-state index contributed by atoms with van der Waals surface area (Å²) in [6.07, 6.45) is 0.371. The van der Waals surface area contributed by atoms with Crippen LogP contribution in [-0.2, 0) is 9.53 Å². The fraction of sp³-hybridized carbons (Fsp3) is 0.579. The number of hydrogen-bond donors (Lipinski definition) is 2. The second kappa shape index (κ2) is 9.31. The Hall–Kier alpha value is -2.44. The van der Waals surface area contributed by atoms with Gasteiger partial charge in [-0.15, -0.1) is 0 Å². The lowest BCUT2D eigenvalue weighted by molar-refractivity contribution is -0.139. The van der Waals surface area contributed by atoms with Crippen molar-refractivity contribution in [3.63, 3.8) is 0 Å². The molecule has 0 aromatic heterocycles. The summed E-state index contributed by atoms with van der Waals surface area (Å²) in [6, 6.07) is 6.30. The molecule has 2 rings (SSSR count). The minimum absolute atomic E-state index is 0.0204. The summed E-state index contributed by atoms with van der Waals surface area (Å²) in [4.78, 5) is 26.0. The fourth-order valence-electron chi connectivity index (χ4n) is 2.73. The molecule has 0 bridgehead atoms. The van der Waals surface area contributed by atoms with Crippen molar-refractivity contribution in [1.29, 1.82) is 0 Å². The summed E-state index contributed by atoms with van der Waals surface area (Å²) < 4.78 is 10.8. The van der Waals surface area contributed by atoms with Gasteiger partial charge in [-0.2, -0.15) is 0 Å². The van der Waals surface area contributed by atoms with Gasteiger partial charge in [-0.05, 0) is 49.9 Å². The number of hydrogen-bond acceptors (Lipinski definition) is 5. The third-order valence-corrected chi connectivity index (χ3v) is 4.17. The molecule has 144 valence electrons. The highest BCUT2D eigenvalue weighted by molar-refractivity contribution is 5.81. The Morgan fingerprint density at radius 1 is 1.19 bits per heavy atom. The summed E-state index contributed by atoms with van der Waals surface area (Å²) >= 11 is 0. The lowest BCUT2D eigenvalue weighted by Gasteiger charge is -2.33. The number of phenolic OH excluding ortho intramolecular Hbond substituents is 1. The van der Waals surface area contributed by atoms with Crippen molar-refractivity contribution in [3.8, 4) is 11.5 Å². The predicted octanol–water partition coefficient (Wildman–Crippen LogP) is 2.53. The first-order valence-electron chi connectivity index (χ1n) is 9.03. The second-order valence-corrected chi connectivity index (χ2v) is 6.99. The summed E-state index contributed by atoms with van der Waals surface area (Å²) in [5, 5.41) is 12.1. The lowest BCUT2D eigenvalue weighted by Crippen LogP contribution is -2.49. The molecule has 7 heteroatoms. The van der Waals surface area contributed by atoms with E-state index in [1.807, 2.05) is 13.8 Å². The van der Waals surface area contributed by atoms with E-state index in [2.05, 4.69) is 5.32 Å². The topological polar surface area (TPSA) is 88.1 Å². The zero-order valence-electron chi connectivity index (χ0n) is 15.6. The van der Waals surface area contributed by atoms with Gasteiger partial charge in [0.25, 0.3) is 5.91 Å². The van der Waals surface area contributed by atoms with Crippen LogP contribution in [0.2, 0.25) is 0 Å². The number of piperidine rings is 1. The number of carbonyl (C=O) groups is 2. The van der Waals surface area contributed by atoms with Crippen LogP contribution in [0.5, 0.6) is 11.5 Å². The third kappa shape index (κ3) is 6.13. The highest BCUT2D eigenvalue weighted by Crippen LogP contribution is 2.19. The molecule has 1 heterocycles. The van der Waals surface area contributed by atoms with Gasteiger partial charge in [-0.1, -0.05) is 13.8 Å². The number of nitrogens with one attached hydrogen (secondary N) is 1. The molecule has 2 amide bonds. The third-order valence-electron chi connectivity index (χ3n) is 4.17. The number of carbonyl (C=O) groups excluding carboxylic acids is 2. The Labute approximate surface area is 154 Å². The molecular formula is C19H28N2O5. The molecule has 1 saturated heterocycles. The van der Waals surface area contributed by atoms with Crippen molar-refractivity contribution >= 4 is 12.0 Å². The van der Waals surface area contributed by atoms with Crippen LogP contribution in [0.1, 0.15) is 33.6 Å². The molecule has 1 aliphatic rings. The number of phenols is 1. The molecule has 26 heavy (non-hydrogen) atoms. The number of alkyl carbamates (subject to hydrolysis) is 1. The van der Waals surface area contributed by atoms with Crippen LogP contribution < -0.4 is 10.1 Å². The summed E-state index contributed by atoms with van der Waals surface area (Å²) in [5.74, 6) is 0.903. The zero-order valence-corrected chi connectivity index (χ0v) is 15.6.